The third kappa shape index (κ3) is 3.47. The van der Waals surface area contributed by atoms with Crippen LogP contribution in [0.5, 0.6) is 5.75 Å². The summed E-state index contributed by atoms with van der Waals surface area (Å²) in [5.74, 6) is 0.474. The summed E-state index contributed by atoms with van der Waals surface area (Å²) in [5, 5.41) is 0.162. The van der Waals surface area contributed by atoms with Crippen molar-refractivity contribution in [3.8, 4) is 5.75 Å². The van der Waals surface area contributed by atoms with Crippen molar-refractivity contribution in [1.82, 2.24) is 0 Å². The normalized spacial score (nSPS) is 12.3. The van der Waals surface area contributed by atoms with E-state index in [4.69, 9.17) is 27.4 Å². The number of methoxy groups -OCH3 is 1. The zero-order valence-electron chi connectivity index (χ0n) is 13.6. The number of benzene rings is 1. The van der Waals surface area contributed by atoms with Crippen LogP contribution in [-0.4, -0.2) is 47.7 Å². The molecule has 0 radical (unpaired) electrons. The van der Waals surface area contributed by atoms with E-state index in [0.717, 1.165) is 0 Å². The summed E-state index contributed by atoms with van der Waals surface area (Å²) in [6, 6.07) is 6.99. The molecule has 7 nitrogen and oxygen atoms in total. The van der Waals surface area contributed by atoms with Crippen LogP contribution in [0.25, 0.3) is 0 Å². The monoisotopic (exact) mass is 352 g/mol. The zero-order chi connectivity index (χ0) is 16.8. The van der Waals surface area contributed by atoms with E-state index < -0.39 is 15.2 Å². The Morgan fingerprint density at radius 2 is 1.32 bits per heavy atom. The van der Waals surface area contributed by atoms with E-state index >= 15 is 0 Å². The maximum Gasteiger partial charge on any atom is 0.368 e. The van der Waals surface area contributed by atoms with Crippen LogP contribution >= 0.6 is 15.2 Å². The first-order chi connectivity index (χ1) is 10.5. The van der Waals surface area contributed by atoms with E-state index in [1.54, 1.807) is 24.3 Å². The number of hydrogen-bond donors (Lipinski definition) is 0. The van der Waals surface area contributed by atoms with Crippen molar-refractivity contribution in [2.75, 3.05) is 42.7 Å². The lowest BCUT2D eigenvalue weighted by Gasteiger charge is -2.28. The molecule has 0 atom stereocenters. The molecule has 0 aromatic heterocycles. The van der Waals surface area contributed by atoms with Gasteiger partial charge in [-0.3, -0.25) is 4.57 Å². The van der Waals surface area contributed by atoms with Crippen molar-refractivity contribution < 1.29 is 31.9 Å². The highest BCUT2D eigenvalue weighted by Gasteiger charge is 2.41. The Hall–Kier alpha value is -0.650. The van der Waals surface area contributed by atoms with Crippen molar-refractivity contribution in [1.29, 1.82) is 0 Å². The van der Waals surface area contributed by atoms with Gasteiger partial charge in [0.1, 0.15) is 10.8 Å². The number of para-hydroxylation sites is 1. The average molecular weight is 352 g/mol. The number of ether oxygens (including phenoxy) is 1. The molecule has 1 aromatic rings. The molecule has 0 aliphatic rings. The van der Waals surface area contributed by atoms with Crippen molar-refractivity contribution in [3.63, 3.8) is 0 Å². The molecule has 0 heterocycles. The highest BCUT2D eigenvalue weighted by Crippen LogP contribution is 2.65. The minimum absolute atomic E-state index is 0.162. The topological polar surface area (TPSA) is 72.5 Å². The van der Waals surface area contributed by atoms with Crippen LogP contribution < -0.4 is 4.74 Å². The Labute approximate surface area is 131 Å². The lowest BCUT2D eigenvalue weighted by Crippen LogP contribution is -2.13. The van der Waals surface area contributed by atoms with Crippen LogP contribution in [-0.2, 0) is 27.2 Å². The average Bonchev–Trinajstić information content (AvgIpc) is 2.59. The summed E-state index contributed by atoms with van der Waals surface area (Å²) < 4.78 is 45.0. The van der Waals surface area contributed by atoms with Gasteiger partial charge in [0.25, 0.3) is 7.57 Å². The largest absolute Gasteiger partial charge is 0.496 e. The third-order valence-corrected chi connectivity index (χ3v) is 8.46. The molecule has 1 rings (SSSR count). The van der Waals surface area contributed by atoms with E-state index in [1.807, 2.05) is 0 Å². The lowest BCUT2D eigenvalue weighted by molar-refractivity contribution is 0.232. The quantitative estimate of drug-likeness (QED) is 0.664. The molecule has 0 saturated heterocycles. The predicted octanol–water partition coefficient (Wildman–Crippen LogP) is 3.36. The smallest absolute Gasteiger partial charge is 0.368 e. The Morgan fingerprint density at radius 3 is 1.73 bits per heavy atom. The summed E-state index contributed by atoms with van der Waals surface area (Å²) in [6.45, 7) is 0. The van der Waals surface area contributed by atoms with Crippen molar-refractivity contribution >= 4 is 20.2 Å². The summed E-state index contributed by atoms with van der Waals surface area (Å²) >= 11 is 0. The van der Waals surface area contributed by atoms with Gasteiger partial charge in [-0.25, -0.2) is 0 Å². The standard InChI is InChI=1S/C13H22O7P2/c1-15-12-10-8-7-9-11(12)13(21(14,16-2)17-3)22(18-4,19-5)20-6/h7-10H,1-6H3. The SMILES string of the molecule is COc1ccccc1C(P(=O)(OC)OC)=P(OC)(OC)OC. The van der Waals surface area contributed by atoms with Crippen molar-refractivity contribution in [2.24, 2.45) is 0 Å². The molecule has 22 heavy (non-hydrogen) atoms. The van der Waals surface area contributed by atoms with Gasteiger partial charge in [-0.05, 0) is 6.07 Å². The van der Waals surface area contributed by atoms with Crippen LogP contribution in [0.1, 0.15) is 5.56 Å². The van der Waals surface area contributed by atoms with Crippen LogP contribution in [0.2, 0.25) is 0 Å². The van der Waals surface area contributed by atoms with Gasteiger partial charge in [0.05, 0.1) is 7.11 Å². The summed E-state index contributed by atoms with van der Waals surface area (Å²) in [5.41, 5.74) is 0.482. The van der Waals surface area contributed by atoms with Crippen molar-refractivity contribution in [3.05, 3.63) is 29.8 Å². The highest BCUT2D eigenvalue weighted by atomic mass is 31.2. The molecule has 0 aliphatic carbocycles. The summed E-state index contributed by atoms with van der Waals surface area (Å²) in [6.07, 6.45) is 0. The van der Waals surface area contributed by atoms with Crippen LogP contribution in [0.3, 0.4) is 0 Å². The number of hydrogen-bond acceptors (Lipinski definition) is 7. The zero-order valence-corrected chi connectivity index (χ0v) is 15.4. The highest BCUT2D eigenvalue weighted by molar-refractivity contribution is 7.89. The van der Waals surface area contributed by atoms with Gasteiger partial charge in [0, 0.05) is 41.1 Å². The molecule has 0 saturated carbocycles. The van der Waals surface area contributed by atoms with E-state index in [2.05, 4.69) is 0 Å². The maximum atomic E-state index is 13.1. The fourth-order valence-electron chi connectivity index (χ4n) is 2.00. The van der Waals surface area contributed by atoms with E-state index in [1.165, 1.54) is 42.7 Å². The second-order valence-electron chi connectivity index (χ2n) is 3.93. The first-order valence-corrected chi connectivity index (χ1v) is 9.36. The Bertz CT molecular complexity index is 573. The van der Waals surface area contributed by atoms with Gasteiger partial charge in [0.15, 0.2) is 0 Å². The third-order valence-electron chi connectivity index (χ3n) is 3.07. The van der Waals surface area contributed by atoms with Gasteiger partial charge in [-0.15, -0.1) is 0 Å². The molecule has 126 valence electrons. The summed E-state index contributed by atoms with van der Waals surface area (Å²) in [4.78, 5) is 0. The second kappa shape index (κ2) is 8.27. The second-order valence-corrected chi connectivity index (χ2v) is 8.99. The Kier molecular flexibility index (Phi) is 7.29. The number of rotatable bonds is 8. The molecule has 0 unspecified atom stereocenters. The fourth-order valence-corrected chi connectivity index (χ4v) is 6.85. The van der Waals surface area contributed by atoms with Crippen LogP contribution in [0, 0.1) is 0 Å². The van der Waals surface area contributed by atoms with E-state index in [9.17, 15) is 4.57 Å². The first-order valence-electron chi connectivity index (χ1n) is 6.27. The van der Waals surface area contributed by atoms with Gasteiger partial charge in [-0.1, -0.05) is 18.2 Å². The van der Waals surface area contributed by atoms with Gasteiger partial charge in [0.2, 0.25) is 0 Å². The van der Waals surface area contributed by atoms with E-state index in [-0.39, 0.29) is 5.03 Å². The molecule has 0 spiro atoms. The Balaban J connectivity index is 3.91. The molecule has 0 N–H and O–H groups in total. The summed E-state index contributed by atoms with van der Waals surface area (Å²) in [7, 11) is 1.45. The van der Waals surface area contributed by atoms with Gasteiger partial charge >= 0.3 is 7.60 Å². The van der Waals surface area contributed by atoms with Gasteiger partial charge in [-0.2, -0.15) is 0 Å². The molecule has 0 amide bonds. The molecule has 1 aromatic carbocycles. The Morgan fingerprint density at radius 1 is 0.818 bits per heavy atom. The maximum absolute atomic E-state index is 13.1. The van der Waals surface area contributed by atoms with E-state index in [0.29, 0.717) is 11.3 Å². The molecule has 0 fully saturated rings. The molecular weight excluding hydrogens is 330 g/mol. The molecule has 9 heteroatoms. The predicted molar refractivity (Wildman–Crippen MR) is 86.7 cm³/mol. The van der Waals surface area contributed by atoms with Gasteiger partial charge < -0.3 is 27.4 Å². The minimum Gasteiger partial charge on any atom is -0.496 e. The van der Waals surface area contributed by atoms with Crippen LogP contribution in [0.15, 0.2) is 24.3 Å². The first kappa shape index (κ1) is 19.4. The molecule has 0 aliphatic heterocycles. The lowest BCUT2D eigenvalue weighted by atomic mass is 10.2. The molecular formula is C13H22O7P2. The minimum atomic E-state index is -3.71. The molecule has 0 bridgehead atoms. The van der Waals surface area contributed by atoms with Crippen molar-refractivity contribution in [2.45, 2.75) is 0 Å². The fraction of sp³-hybridized carbons (Fsp3) is 0.462. The van der Waals surface area contributed by atoms with Crippen LogP contribution in [0.4, 0.5) is 0 Å².